The minimum absolute atomic E-state index is 0.120. The molecule has 1 heterocycles. The fourth-order valence-corrected chi connectivity index (χ4v) is 2.96. The molecule has 0 aliphatic heterocycles. The van der Waals surface area contributed by atoms with Crippen LogP contribution in [0.2, 0.25) is 5.02 Å². The standard InChI is InChI=1S/C18H16ClNO4/c1-23-11-4-5-12(16(8-11)24-2)18-14(9-17(21)22)13-7-10(19)3-6-15(13)20-18/h3-8,20H,9H2,1-2H3,(H,21,22). The van der Waals surface area contributed by atoms with E-state index in [9.17, 15) is 9.90 Å². The van der Waals surface area contributed by atoms with E-state index in [-0.39, 0.29) is 6.42 Å². The van der Waals surface area contributed by atoms with E-state index in [0.717, 1.165) is 16.5 Å². The second-order valence-corrected chi connectivity index (χ2v) is 5.74. The zero-order valence-electron chi connectivity index (χ0n) is 13.2. The van der Waals surface area contributed by atoms with E-state index in [0.29, 0.717) is 27.8 Å². The molecule has 0 radical (unpaired) electrons. The molecule has 0 bridgehead atoms. The summed E-state index contributed by atoms with van der Waals surface area (Å²) in [4.78, 5) is 14.6. The molecule has 1 aromatic heterocycles. The van der Waals surface area contributed by atoms with Gasteiger partial charge in [-0.25, -0.2) is 0 Å². The minimum Gasteiger partial charge on any atom is -0.497 e. The van der Waals surface area contributed by atoms with Gasteiger partial charge in [-0.15, -0.1) is 0 Å². The highest BCUT2D eigenvalue weighted by molar-refractivity contribution is 6.31. The fourth-order valence-electron chi connectivity index (χ4n) is 2.79. The Balaban J connectivity index is 2.27. The van der Waals surface area contributed by atoms with Crippen molar-refractivity contribution in [3.05, 3.63) is 47.0 Å². The number of carboxylic acids is 1. The third-order valence-corrected chi connectivity index (χ3v) is 4.11. The molecule has 0 spiro atoms. The molecule has 0 saturated heterocycles. The third-order valence-electron chi connectivity index (χ3n) is 3.87. The van der Waals surface area contributed by atoms with Crippen LogP contribution in [0.25, 0.3) is 22.2 Å². The first kappa shape index (κ1) is 16.2. The smallest absolute Gasteiger partial charge is 0.307 e. The van der Waals surface area contributed by atoms with Crippen LogP contribution >= 0.6 is 11.6 Å². The van der Waals surface area contributed by atoms with Crippen LogP contribution in [0, 0.1) is 0 Å². The summed E-state index contributed by atoms with van der Waals surface area (Å²) in [5.41, 5.74) is 2.96. The number of aromatic amines is 1. The van der Waals surface area contributed by atoms with Crippen molar-refractivity contribution >= 4 is 28.5 Å². The molecule has 0 atom stereocenters. The van der Waals surface area contributed by atoms with Crippen LogP contribution in [0.3, 0.4) is 0 Å². The summed E-state index contributed by atoms with van der Waals surface area (Å²) in [5.74, 6) is 0.345. The van der Waals surface area contributed by atoms with Crippen molar-refractivity contribution < 1.29 is 19.4 Å². The van der Waals surface area contributed by atoms with E-state index >= 15 is 0 Å². The zero-order chi connectivity index (χ0) is 17.3. The highest BCUT2D eigenvalue weighted by Gasteiger charge is 2.19. The van der Waals surface area contributed by atoms with Crippen LogP contribution in [-0.4, -0.2) is 30.3 Å². The molecule has 124 valence electrons. The Morgan fingerprint density at radius 2 is 1.96 bits per heavy atom. The number of carboxylic acid groups (broad SMARTS) is 1. The first-order chi connectivity index (χ1) is 11.5. The van der Waals surface area contributed by atoms with Crippen molar-refractivity contribution in [2.24, 2.45) is 0 Å². The Morgan fingerprint density at radius 3 is 2.62 bits per heavy atom. The Bertz CT molecular complexity index is 917. The number of rotatable bonds is 5. The van der Waals surface area contributed by atoms with Gasteiger partial charge in [0.05, 0.1) is 26.3 Å². The van der Waals surface area contributed by atoms with Crippen LogP contribution in [0.4, 0.5) is 0 Å². The molecule has 0 saturated carbocycles. The summed E-state index contributed by atoms with van der Waals surface area (Å²) in [6, 6.07) is 10.8. The Morgan fingerprint density at radius 1 is 1.17 bits per heavy atom. The van der Waals surface area contributed by atoms with Gasteiger partial charge in [0, 0.05) is 27.6 Å². The van der Waals surface area contributed by atoms with Gasteiger partial charge < -0.3 is 19.6 Å². The van der Waals surface area contributed by atoms with E-state index in [1.165, 1.54) is 0 Å². The topological polar surface area (TPSA) is 71.6 Å². The van der Waals surface area contributed by atoms with E-state index in [4.69, 9.17) is 21.1 Å². The summed E-state index contributed by atoms with van der Waals surface area (Å²) in [6.45, 7) is 0. The second-order valence-electron chi connectivity index (χ2n) is 5.31. The molecule has 5 nitrogen and oxygen atoms in total. The van der Waals surface area contributed by atoms with Gasteiger partial charge in [0.1, 0.15) is 11.5 Å². The molecule has 3 rings (SSSR count). The predicted octanol–water partition coefficient (Wildman–Crippen LogP) is 4.13. The summed E-state index contributed by atoms with van der Waals surface area (Å²) >= 11 is 6.08. The van der Waals surface area contributed by atoms with Gasteiger partial charge in [-0.05, 0) is 35.9 Å². The SMILES string of the molecule is COc1ccc(-c2[nH]c3ccc(Cl)cc3c2CC(=O)O)c(OC)c1. The Labute approximate surface area is 143 Å². The second kappa shape index (κ2) is 6.45. The van der Waals surface area contributed by atoms with Crippen molar-refractivity contribution in [2.45, 2.75) is 6.42 Å². The number of halogens is 1. The van der Waals surface area contributed by atoms with Gasteiger partial charge in [0.25, 0.3) is 0 Å². The van der Waals surface area contributed by atoms with Crippen molar-refractivity contribution in [3.63, 3.8) is 0 Å². The summed E-state index contributed by atoms with van der Waals surface area (Å²) in [7, 11) is 3.14. The molecular formula is C18H16ClNO4. The number of aliphatic carboxylic acids is 1. The van der Waals surface area contributed by atoms with Gasteiger partial charge in [-0.3, -0.25) is 4.79 Å². The number of aromatic nitrogens is 1. The average molecular weight is 346 g/mol. The van der Waals surface area contributed by atoms with E-state index < -0.39 is 5.97 Å². The molecule has 0 amide bonds. The minimum atomic E-state index is -0.912. The van der Waals surface area contributed by atoms with E-state index in [1.807, 2.05) is 12.1 Å². The molecule has 24 heavy (non-hydrogen) atoms. The molecule has 6 heteroatoms. The number of carbonyl (C=O) groups is 1. The summed E-state index contributed by atoms with van der Waals surface area (Å²) in [5, 5.41) is 10.6. The number of fused-ring (bicyclic) bond motifs is 1. The van der Waals surface area contributed by atoms with Gasteiger partial charge in [-0.2, -0.15) is 0 Å². The number of ether oxygens (including phenoxy) is 2. The molecule has 3 aromatic rings. The van der Waals surface area contributed by atoms with Gasteiger partial charge in [-0.1, -0.05) is 11.6 Å². The lowest BCUT2D eigenvalue weighted by Crippen LogP contribution is -2.01. The van der Waals surface area contributed by atoms with E-state index in [2.05, 4.69) is 4.98 Å². The molecule has 2 aromatic carbocycles. The quantitative estimate of drug-likeness (QED) is 0.729. The number of H-pyrrole nitrogens is 1. The average Bonchev–Trinajstić information content (AvgIpc) is 2.91. The molecule has 0 unspecified atom stereocenters. The van der Waals surface area contributed by atoms with Crippen LogP contribution < -0.4 is 9.47 Å². The molecule has 0 aliphatic carbocycles. The largest absolute Gasteiger partial charge is 0.497 e. The van der Waals surface area contributed by atoms with E-state index in [1.54, 1.807) is 38.5 Å². The number of benzene rings is 2. The number of hydrogen-bond donors (Lipinski definition) is 2. The van der Waals surface area contributed by atoms with Gasteiger partial charge in [0.2, 0.25) is 0 Å². The maximum absolute atomic E-state index is 11.3. The molecular weight excluding hydrogens is 330 g/mol. The lowest BCUT2D eigenvalue weighted by molar-refractivity contribution is -0.136. The van der Waals surface area contributed by atoms with Crippen LogP contribution in [-0.2, 0) is 11.2 Å². The van der Waals surface area contributed by atoms with Crippen molar-refractivity contribution in [2.75, 3.05) is 14.2 Å². The lowest BCUT2D eigenvalue weighted by Gasteiger charge is -2.11. The van der Waals surface area contributed by atoms with Gasteiger partial charge >= 0.3 is 5.97 Å². The highest BCUT2D eigenvalue weighted by Crippen LogP contribution is 2.38. The lowest BCUT2D eigenvalue weighted by atomic mass is 10.0. The monoisotopic (exact) mass is 345 g/mol. The van der Waals surface area contributed by atoms with Crippen LogP contribution in [0.1, 0.15) is 5.56 Å². The first-order valence-electron chi connectivity index (χ1n) is 7.27. The Kier molecular flexibility index (Phi) is 4.36. The first-order valence-corrected chi connectivity index (χ1v) is 7.65. The van der Waals surface area contributed by atoms with Crippen LogP contribution in [0.5, 0.6) is 11.5 Å². The number of methoxy groups -OCH3 is 2. The summed E-state index contributed by atoms with van der Waals surface area (Å²) in [6.07, 6.45) is -0.120. The van der Waals surface area contributed by atoms with Crippen molar-refractivity contribution in [1.29, 1.82) is 0 Å². The maximum Gasteiger partial charge on any atom is 0.307 e. The van der Waals surface area contributed by atoms with Gasteiger partial charge in [0.15, 0.2) is 0 Å². The van der Waals surface area contributed by atoms with Crippen molar-refractivity contribution in [3.8, 4) is 22.8 Å². The normalized spacial score (nSPS) is 10.8. The number of hydrogen-bond acceptors (Lipinski definition) is 3. The molecule has 0 fully saturated rings. The number of nitrogens with one attached hydrogen (secondary N) is 1. The summed E-state index contributed by atoms with van der Waals surface area (Å²) < 4.78 is 10.7. The highest BCUT2D eigenvalue weighted by atomic mass is 35.5. The Hall–Kier alpha value is -2.66. The third kappa shape index (κ3) is 2.90. The molecule has 2 N–H and O–H groups in total. The maximum atomic E-state index is 11.3. The zero-order valence-corrected chi connectivity index (χ0v) is 14.0. The van der Waals surface area contributed by atoms with Crippen molar-refractivity contribution in [1.82, 2.24) is 4.98 Å². The molecule has 0 aliphatic rings. The predicted molar refractivity (Wildman–Crippen MR) is 93.2 cm³/mol. The van der Waals surface area contributed by atoms with Crippen LogP contribution in [0.15, 0.2) is 36.4 Å². The fraction of sp³-hybridized carbons (Fsp3) is 0.167.